The van der Waals surface area contributed by atoms with E-state index < -0.39 is 11.6 Å². The first-order chi connectivity index (χ1) is 9.47. The van der Waals surface area contributed by atoms with Crippen LogP contribution in [0.2, 0.25) is 5.02 Å². The number of nitrogens with one attached hydrogen (secondary N) is 1. The summed E-state index contributed by atoms with van der Waals surface area (Å²) in [5.74, 6) is -1.65. The third kappa shape index (κ3) is 3.56. The second-order valence-corrected chi connectivity index (χ2v) is 5.27. The zero-order valence-electron chi connectivity index (χ0n) is 11.3. The van der Waals surface area contributed by atoms with E-state index >= 15 is 0 Å². The molecule has 0 spiro atoms. The summed E-state index contributed by atoms with van der Waals surface area (Å²) in [6.07, 6.45) is 0. The van der Waals surface area contributed by atoms with Crippen molar-refractivity contribution in [2.45, 2.75) is 25.9 Å². The minimum absolute atomic E-state index is 0.0791. The molecule has 2 atom stereocenters. The van der Waals surface area contributed by atoms with Crippen LogP contribution >= 0.6 is 11.6 Å². The largest absolute Gasteiger partial charge is 0.304 e. The Morgan fingerprint density at radius 1 is 0.850 bits per heavy atom. The van der Waals surface area contributed by atoms with Gasteiger partial charge in [-0.2, -0.15) is 0 Å². The third-order valence-electron chi connectivity index (χ3n) is 3.31. The fraction of sp³-hybridized carbons (Fsp3) is 0.250. The van der Waals surface area contributed by atoms with Gasteiger partial charge in [0.05, 0.1) is 0 Å². The Balaban J connectivity index is 2.08. The van der Waals surface area contributed by atoms with Gasteiger partial charge in [0, 0.05) is 17.1 Å². The van der Waals surface area contributed by atoms with Crippen LogP contribution in [0, 0.1) is 11.6 Å². The number of hydrogen-bond acceptors (Lipinski definition) is 1. The lowest BCUT2D eigenvalue weighted by Crippen LogP contribution is -2.22. The van der Waals surface area contributed by atoms with Gasteiger partial charge in [0.2, 0.25) is 0 Å². The van der Waals surface area contributed by atoms with Crippen LogP contribution in [0.5, 0.6) is 0 Å². The molecule has 0 aliphatic rings. The van der Waals surface area contributed by atoms with Gasteiger partial charge in [-0.1, -0.05) is 29.8 Å². The zero-order chi connectivity index (χ0) is 14.7. The van der Waals surface area contributed by atoms with Crippen molar-refractivity contribution < 1.29 is 8.78 Å². The van der Waals surface area contributed by atoms with Crippen LogP contribution in [0.15, 0.2) is 42.5 Å². The van der Waals surface area contributed by atoms with Gasteiger partial charge in [0.15, 0.2) is 11.6 Å². The molecule has 0 bridgehead atoms. The molecule has 0 aromatic heterocycles. The fourth-order valence-electron chi connectivity index (χ4n) is 2.10. The first-order valence-corrected chi connectivity index (χ1v) is 6.81. The highest BCUT2D eigenvalue weighted by Gasteiger charge is 2.13. The van der Waals surface area contributed by atoms with Gasteiger partial charge in [-0.15, -0.1) is 0 Å². The molecule has 1 N–H and O–H groups in total. The predicted molar refractivity (Wildman–Crippen MR) is 77.8 cm³/mol. The summed E-state index contributed by atoms with van der Waals surface area (Å²) in [6.45, 7) is 3.93. The molecule has 1 nitrogen and oxygen atoms in total. The predicted octanol–water partition coefficient (Wildman–Crippen LogP) is 5.03. The molecule has 1 unspecified atom stereocenters. The lowest BCUT2D eigenvalue weighted by atomic mass is 10.0. The average Bonchev–Trinajstić information content (AvgIpc) is 2.42. The van der Waals surface area contributed by atoms with Crippen molar-refractivity contribution >= 4 is 11.6 Å². The van der Waals surface area contributed by atoms with Gasteiger partial charge in [-0.05, 0) is 49.2 Å². The summed E-state index contributed by atoms with van der Waals surface area (Å²) in [5, 5.41) is 4.04. The maximum atomic E-state index is 13.2. The SMILES string of the molecule is CC(N[C@H](C)c1ccc(Cl)cc1)c1ccc(F)c(F)c1. The minimum atomic E-state index is -0.827. The van der Waals surface area contributed by atoms with Crippen LogP contribution in [0.1, 0.15) is 37.1 Å². The molecule has 0 saturated carbocycles. The third-order valence-corrected chi connectivity index (χ3v) is 3.57. The highest BCUT2D eigenvalue weighted by Crippen LogP contribution is 2.22. The van der Waals surface area contributed by atoms with Crippen LogP contribution in [0.4, 0.5) is 8.78 Å². The Morgan fingerprint density at radius 3 is 2.00 bits per heavy atom. The molecule has 20 heavy (non-hydrogen) atoms. The Bertz CT molecular complexity index is 584. The molecule has 0 amide bonds. The van der Waals surface area contributed by atoms with Crippen molar-refractivity contribution in [3.63, 3.8) is 0 Å². The molecule has 2 rings (SSSR count). The molecule has 2 aromatic rings. The topological polar surface area (TPSA) is 12.0 Å². The summed E-state index contributed by atoms with van der Waals surface area (Å²) < 4.78 is 26.1. The van der Waals surface area contributed by atoms with Gasteiger partial charge < -0.3 is 5.32 Å². The highest BCUT2D eigenvalue weighted by atomic mass is 35.5. The summed E-state index contributed by atoms with van der Waals surface area (Å²) in [6, 6.07) is 11.5. The normalized spacial score (nSPS) is 14.1. The Labute approximate surface area is 122 Å². The molecule has 0 aliphatic heterocycles. The highest BCUT2D eigenvalue weighted by molar-refractivity contribution is 6.30. The molecule has 0 radical (unpaired) electrons. The van der Waals surface area contributed by atoms with E-state index in [2.05, 4.69) is 5.32 Å². The van der Waals surface area contributed by atoms with Gasteiger partial charge in [0.25, 0.3) is 0 Å². The smallest absolute Gasteiger partial charge is 0.159 e. The Morgan fingerprint density at radius 2 is 1.40 bits per heavy atom. The van der Waals surface area contributed by atoms with Gasteiger partial charge in [-0.25, -0.2) is 8.78 Å². The first-order valence-electron chi connectivity index (χ1n) is 6.44. The zero-order valence-corrected chi connectivity index (χ0v) is 12.1. The van der Waals surface area contributed by atoms with Gasteiger partial charge >= 0.3 is 0 Å². The number of hydrogen-bond donors (Lipinski definition) is 1. The first kappa shape index (κ1) is 14.9. The molecule has 0 heterocycles. The van der Waals surface area contributed by atoms with E-state index in [1.807, 2.05) is 38.1 Å². The van der Waals surface area contributed by atoms with E-state index in [0.29, 0.717) is 10.6 Å². The molecule has 106 valence electrons. The van der Waals surface area contributed by atoms with Gasteiger partial charge in [0.1, 0.15) is 0 Å². The van der Waals surface area contributed by atoms with Crippen LogP contribution in [0.3, 0.4) is 0 Å². The van der Waals surface area contributed by atoms with E-state index in [0.717, 1.165) is 11.6 Å². The average molecular weight is 296 g/mol. The van der Waals surface area contributed by atoms with E-state index in [4.69, 9.17) is 11.6 Å². The van der Waals surface area contributed by atoms with Crippen LogP contribution in [0.25, 0.3) is 0 Å². The minimum Gasteiger partial charge on any atom is -0.304 e. The number of benzene rings is 2. The Hall–Kier alpha value is -1.45. The Kier molecular flexibility index (Phi) is 4.73. The molecule has 0 fully saturated rings. The molecule has 0 saturated heterocycles. The summed E-state index contributed by atoms with van der Waals surface area (Å²) >= 11 is 5.85. The lowest BCUT2D eigenvalue weighted by molar-refractivity contribution is 0.480. The van der Waals surface area contributed by atoms with Crippen molar-refractivity contribution in [2.24, 2.45) is 0 Å². The van der Waals surface area contributed by atoms with Crippen molar-refractivity contribution in [3.05, 3.63) is 70.2 Å². The molecular formula is C16H16ClF2N. The van der Waals surface area contributed by atoms with Crippen molar-refractivity contribution in [1.29, 1.82) is 0 Å². The second kappa shape index (κ2) is 6.33. The summed E-state index contributed by atoms with van der Waals surface area (Å²) in [5.41, 5.74) is 1.80. The summed E-state index contributed by atoms with van der Waals surface area (Å²) in [7, 11) is 0. The monoisotopic (exact) mass is 295 g/mol. The van der Waals surface area contributed by atoms with Crippen molar-refractivity contribution in [1.82, 2.24) is 5.32 Å². The van der Waals surface area contributed by atoms with Crippen LogP contribution in [-0.4, -0.2) is 0 Å². The van der Waals surface area contributed by atoms with Crippen LogP contribution < -0.4 is 5.32 Å². The van der Waals surface area contributed by atoms with Crippen LogP contribution in [-0.2, 0) is 0 Å². The van der Waals surface area contributed by atoms with Crippen molar-refractivity contribution in [3.8, 4) is 0 Å². The summed E-state index contributed by atoms with van der Waals surface area (Å²) in [4.78, 5) is 0. The molecule has 2 aromatic carbocycles. The van der Waals surface area contributed by atoms with Gasteiger partial charge in [-0.3, -0.25) is 0 Å². The van der Waals surface area contributed by atoms with E-state index in [9.17, 15) is 8.78 Å². The number of halogens is 3. The molecular weight excluding hydrogens is 280 g/mol. The fourth-order valence-corrected chi connectivity index (χ4v) is 2.23. The number of rotatable bonds is 4. The second-order valence-electron chi connectivity index (χ2n) is 4.84. The van der Waals surface area contributed by atoms with E-state index in [-0.39, 0.29) is 12.1 Å². The maximum Gasteiger partial charge on any atom is 0.159 e. The maximum absolute atomic E-state index is 13.2. The van der Waals surface area contributed by atoms with E-state index in [1.165, 1.54) is 6.07 Å². The lowest BCUT2D eigenvalue weighted by Gasteiger charge is -2.21. The molecule has 0 aliphatic carbocycles. The standard InChI is InChI=1S/C16H16ClF2N/c1-10(12-3-6-14(17)7-4-12)20-11(2)13-5-8-15(18)16(19)9-13/h3-11,20H,1-2H3/t10-,11?/m1/s1. The van der Waals surface area contributed by atoms with Crippen molar-refractivity contribution in [2.75, 3.05) is 0 Å². The van der Waals surface area contributed by atoms with E-state index in [1.54, 1.807) is 6.07 Å². The molecule has 4 heteroatoms. The quantitative estimate of drug-likeness (QED) is 0.834.